The maximum absolute atomic E-state index is 11.7. The van der Waals surface area contributed by atoms with E-state index in [1.165, 1.54) is 12.8 Å². The molecule has 0 heterocycles. The van der Waals surface area contributed by atoms with E-state index in [1.54, 1.807) is 0 Å². The topological polar surface area (TPSA) is 55.1 Å². The number of rotatable bonds is 4. The van der Waals surface area contributed by atoms with Gasteiger partial charge in [0.15, 0.2) is 0 Å². The van der Waals surface area contributed by atoms with Crippen LogP contribution in [0.1, 0.15) is 33.6 Å². The van der Waals surface area contributed by atoms with Crippen LogP contribution in [0.25, 0.3) is 0 Å². The normalized spacial score (nSPS) is 18.8. The number of nitrogens with two attached hydrogens (primary N) is 1. The van der Waals surface area contributed by atoms with E-state index in [4.69, 9.17) is 18.0 Å². The van der Waals surface area contributed by atoms with Crippen LogP contribution in [0.4, 0.5) is 0 Å². The summed E-state index contributed by atoms with van der Waals surface area (Å²) in [5, 5.41) is 2.87. The quantitative estimate of drug-likeness (QED) is 0.692. The SMILES string of the molecule is CC(C(=O)NC(C)(C)C(N)=S)C1CC1. The van der Waals surface area contributed by atoms with Crippen molar-refractivity contribution in [2.45, 2.75) is 39.2 Å². The molecule has 1 atom stereocenters. The number of carbonyl (C=O) groups excluding carboxylic acids is 1. The van der Waals surface area contributed by atoms with E-state index in [2.05, 4.69) is 5.32 Å². The Balaban J connectivity index is 2.50. The molecule has 0 aromatic rings. The van der Waals surface area contributed by atoms with Gasteiger partial charge in [0.2, 0.25) is 5.91 Å². The summed E-state index contributed by atoms with van der Waals surface area (Å²) in [6, 6.07) is 0. The third-order valence-corrected chi connectivity index (χ3v) is 3.30. The van der Waals surface area contributed by atoms with Crippen molar-refractivity contribution >= 4 is 23.1 Å². The number of thiocarbonyl (C=S) groups is 1. The maximum atomic E-state index is 11.7. The molecule has 0 aliphatic heterocycles. The van der Waals surface area contributed by atoms with Crippen LogP contribution in [0.5, 0.6) is 0 Å². The first-order chi connectivity index (χ1) is 6.34. The van der Waals surface area contributed by atoms with Gasteiger partial charge < -0.3 is 11.1 Å². The third-order valence-electron chi connectivity index (χ3n) is 2.79. The Morgan fingerprint density at radius 2 is 2.07 bits per heavy atom. The summed E-state index contributed by atoms with van der Waals surface area (Å²) in [4.78, 5) is 12.0. The highest BCUT2D eigenvalue weighted by Crippen LogP contribution is 2.36. The van der Waals surface area contributed by atoms with Gasteiger partial charge in [-0.2, -0.15) is 0 Å². The minimum absolute atomic E-state index is 0.0605. The molecule has 0 saturated heterocycles. The molecule has 1 saturated carbocycles. The summed E-state index contributed by atoms with van der Waals surface area (Å²) in [6.45, 7) is 5.61. The van der Waals surface area contributed by atoms with E-state index in [1.807, 2.05) is 20.8 Å². The van der Waals surface area contributed by atoms with E-state index in [9.17, 15) is 4.79 Å². The number of hydrogen-bond donors (Lipinski definition) is 2. The molecule has 14 heavy (non-hydrogen) atoms. The van der Waals surface area contributed by atoms with Gasteiger partial charge in [0, 0.05) is 5.92 Å². The fraction of sp³-hybridized carbons (Fsp3) is 0.800. The van der Waals surface area contributed by atoms with Crippen molar-refractivity contribution in [3.8, 4) is 0 Å². The Morgan fingerprint density at radius 1 is 1.57 bits per heavy atom. The summed E-state index contributed by atoms with van der Waals surface area (Å²) in [5.41, 5.74) is 4.95. The first kappa shape index (κ1) is 11.4. The lowest BCUT2D eigenvalue weighted by Gasteiger charge is -2.26. The molecule has 80 valence electrons. The highest BCUT2D eigenvalue weighted by molar-refractivity contribution is 7.80. The lowest BCUT2D eigenvalue weighted by molar-refractivity contribution is -0.126. The largest absolute Gasteiger partial charge is 0.391 e. The van der Waals surface area contributed by atoms with Crippen molar-refractivity contribution < 1.29 is 4.79 Å². The molecule has 1 fully saturated rings. The average molecular weight is 214 g/mol. The summed E-state index contributed by atoms with van der Waals surface area (Å²) in [5.74, 6) is 0.714. The van der Waals surface area contributed by atoms with Crippen molar-refractivity contribution in [1.82, 2.24) is 5.32 Å². The van der Waals surface area contributed by atoms with Crippen molar-refractivity contribution in [1.29, 1.82) is 0 Å². The zero-order valence-corrected chi connectivity index (χ0v) is 9.78. The molecule has 0 spiro atoms. The van der Waals surface area contributed by atoms with Gasteiger partial charge in [-0.1, -0.05) is 19.1 Å². The number of hydrogen-bond acceptors (Lipinski definition) is 2. The van der Waals surface area contributed by atoms with Crippen LogP contribution in [-0.2, 0) is 4.79 Å². The number of carbonyl (C=O) groups is 1. The number of nitrogens with one attached hydrogen (secondary N) is 1. The monoisotopic (exact) mass is 214 g/mol. The Labute approximate surface area is 90.4 Å². The lowest BCUT2D eigenvalue weighted by Crippen LogP contribution is -2.53. The fourth-order valence-corrected chi connectivity index (χ4v) is 1.34. The predicted molar refractivity (Wildman–Crippen MR) is 60.9 cm³/mol. The number of amides is 1. The molecule has 1 amide bonds. The molecule has 4 heteroatoms. The van der Waals surface area contributed by atoms with Crippen LogP contribution >= 0.6 is 12.2 Å². The fourth-order valence-electron chi connectivity index (χ4n) is 1.29. The Hall–Kier alpha value is -0.640. The van der Waals surface area contributed by atoms with Crippen molar-refractivity contribution in [3.63, 3.8) is 0 Å². The lowest BCUT2D eigenvalue weighted by atomic mass is 10.0. The molecule has 0 radical (unpaired) electrons. The Kier molecular flexibility index (Phi) is 3.14. The van der Waals surface area contributed by atoms with Crippen molar-refractivity contribution in [2.75, 3.05) is 0 Å². The maximum Gasteiger partial charge on any atom is 0.223 e. The minimum Gasteiger partial charge on any atom is -0.391 e. The van der Waals surface area contributed by atoms with E-state index < -0.39 is 5.54 Å². The molecular formula is C10H18N2OS. The molecular weight excluding hydrogens is 196 g/mol. The van der Waals surface area contributed by atoms with E-state index in [0.29, 0.717) is 10.9 Å². The van der Waals surface area contributed by atoms with Gasteiger partial charge in [0.1, 0.15) is 0 Å². The van der Waals surface area contributed by atoms with Gasteiger partial charge in [0.05, 0.1) is 10.5 Å². The summed E-state index contributed by atoms with van der Waals surface area (Å²) < 4.78 is 0. The first-order valence-corrected chi connectivity index (χ1v) is 5.37. The van der Waals surface area contributed by atoms with Crippen LogP contribution in [0, 0.1) is 11.8 Å². The van der Waals surface area contributed by atoms with Crippen LogP contribution in [0.3, 0.4) is 0 Å². The molecule has 1 aliphatic carbocycles. The second-order valence-electron chi connectivity index (χ2n) is 4.60. The highest BCUT2D eigenvalue weighted by Gasteiger charge is 2.35. The highest BCUT2D eigenvalue weighted by atomic mass is 32.1. The molecule has 1 rings (SSSR count). The molecule has 1 unspecified atom stereocenters. The molecule has 1 aliphatic rings. The van der Waals surface area contributed by atoms with E-state index >= 15 is 0 Å². The molecule has 0 bridgehead atoms. The van der Waals surface area contributed by atoms with Crippen LogP contribution < -0.4 is 11.1 Å². The second-order valence-corrected chi connectivity index (χ2v) is 5.04. The third kappa shape index (κ3) is 2.67. The predicted octanol–water partition coefficient (Wildman–Crippen LogP) is 1.21. The van der Waals surface area contributed by atoms with Crippen molar-refractivity contribution in [2.24, 2.45) is 17.6 Å². The second kappa shape index (κ2) is 3.85. The average Bonchev–Trinajstić information content (AvgIpc) is 2.84. The van der Waals surface area contributed by atoms with Gasteiger partial charge in [-0.05, 0) is 32.6 Å². The summed E-state index contributed by atoms with van der Waals surface area (Å²) >= 11 is 4.88. The standard InChI is InChI=1S/C10H18N2OS/c1-6(7-4-5-7)8(13)12-10(2,3)9(11)14/h6-7H,4-5H2,1-3H3,(H2,11,14)(H,12,13). The molecule has 0 aromatic heterocycles. The Bertz CT molecular complexity index is 259. The van der Waals surface area contributed by atoms with Gasteiger partial charge in [-0.15, -0.1) is 0 Å². The summed E-state index contributed by atoms with van der Waals surface area (Å²) in [6.07, 6.45) is 2.34. The van der Waals surface area contributed by atoms with Crippen LogP contribution in [0.15, 0.2) is 0 Å². The van der Waals surface area contributed by atoms with Crippen molar-refractivity contribution in [3.05, 3.63) is 0 Å². The van der Waals surface area contributed by atoms with Gasteiger partial charge in [-0.3, -0.25) is 4.79 Å². The molecule has 3 N–H and O–H groups in total. The summed E-state index contributed by atoms with van der Waals surface area (Å²) in [7, 11) is 0. The van der Waals surface area contributed by atoms with E-state index in [-0.39, 0.29) is 11.8 Å². The molecule has 0 aromatic carbocycles. The zero-order valence-electron chi connectivity index (χ0n) is 8.96. The minimum atomic E-state index is -0.574. The zero-order chi connectivity index (χ0) is 10.9. The van der Waals surface area contributed by atoms with Crippen LogP contribution in [0.2, 0.25) is 0 Å². The van der Waals surface area contributed by atoms with Gasteiger partial charge >= 0.3 is 0 Å². The van der Waals surface area contributed by atoms with E-state index in [0.717, 1.165) is 0 Å². The van der Waals surface area contributed by atoms with Gasteiger partial charge in [0.25, 0.3) is 0 Å². The Morgan fingerprint density at radius 3 is 2.43 bits per heavy atom. The first-order valence-electron chi connectivity index (χ1n) is 4.96. The van der Waals surface area contributed by atoms with Crippen LogP contribution in [-0.4, -0.2) is 16.4 Å². The van der Waals surface area contributed by atoms with Gasteiger partial charge in [-0.25, -0.2) is 0 Å². The molecule has 3 nitrogen and oxygen atoms in total. The smallest absolute Gasteiger partial charge is 0.223 e.